The molecule has 19 heavy (non-hydrogen) atoms. The highest BCUT2D eigenvalue weighted by Crippen LogP contribution is 2.17. The van der Waals surface area contributed by atoms with Crippen molar-refractivity contribution in [2.45, 2.75) is 25.8 Å². The Morgan fingerprint density at radius 1 is 1.63 bits per heavy atom. The average Bonchev–Trinajstić information content (AvgIpc) is 2.38. The van der Waals surface area contributed by atoms with Crippen molar-refractivity contribution in [3.63, 3.8) is 0 Å². The van der Waals surface area contributed by atoms with Gasteiger partial charge in [-0.25, -0.2) is 4.39 Å². The van der Waals surface area contributed by atoms with Gasteiger partial charge in [-0.05, 0) is 12.5 Å². The van der Waals surface area contributed by atoms with Crippen molar-refractivity contribution in [1.82, 2.24) is 5.32 Å². The number of halogens is 1. The van der Waals surface area contributed by atoms with Crippen LogP contribution >= 0.6 is 0 Å². The van der Waals surface area contributed by atoms with Crippen LogP contribution in [0.1, 0.15) is 30.1 Å². The first-order valence-corrected chi connectivity index (χ1v) is 5.64. The lowest BCUT2D eigenvalue weighted by atomic mass is 10.1. The van der Waals surface area contributed by atoms with Crippen molar-refractivity contribution in [2.24, 2.45) is 0 Å². The van der Waals surface area contributed by atoms with Crippen LogP contribution in [0.3, 0.4) is 0 Å². The van der Waals surface area contributed by atoms with E-state index in [-0.39, 0.29) is 5.69 Å². The molecule has 1 atom stereocenters. The number of nitrogens with one attached hydrogen (secondary N) is 1. The third kappa shape index (κ3) is 3.74. The Kier molecular flexibility index (Phi) is 4.94. The Morgan fingerprint density at radius 2 is 2.32 bits per heavy atom. The van der Waals surface area contributed by atoms with Crippen molar-refractivity contribution in [1.29, 1.82) is 5.26 Å². The number of nitriles is 1. The first-order chi connectivity index (χ1) is 8.99. The van der Waals surface area contributed by atoms with Crippen LogP contribution in [0.25, 0.3) is 0 Å². The molecule has 1 amide bonds. The predicted molar refractivity (Wildman–Crippen MR) is 64.8 cm³/mol. The zero-order valence-corrected chi connectivity index (χ0v) is 10.2. The zero-order chi connectivity index (χ0) is 14.4. The predicted octanol–water partition coefficient (Wildman–Crippen LogP) is 2.16. The van der Waals surface area contributed by atoms with Gasteiger partial charge in [0.05, 0.1) is 16.6 Å². The number of rotatable bonds is 5. The smallest absolute Gasteiger partial charge is 0.270 e. The Morgan fingerprint density at radius 3 is 2.84 bits per heavy atom. The van der Waals surface area contributed by atoms with E-state index < -0.39 is 28.3 Å². The molecule has 0 bridgehead atoms. The Bertz CT molecular complexity index is 540. The van der Waals surface area contributed by atoms with Gasteiger partial charge in [-0.1, -0.05) is 13.3 Å². The van der Waals surface area contributed by atoms with Crippen LogP contribution in [-0.4, -0.2) is 16.9 Å². The number of amides is 1. The maximum Gasteiger partial charge on any atom is 0.270 e. The van der Waals surface area contributed by atoms with Gasteiger partial charge in [0.2, 0.25) is 0 Å². The fourth-order valence-corrected chi connectivity index (χ4v) is 1.49. The van der Waals surface area contributed by atoms with Crippen LogP contribution in [0.2, 0.25) is 0 Å². The first kappa shape index (κ1) is 14.6. The monoisotopic (exact) mass is 265 g/mol. The Labute approximate surface area is 109 Å². The fourth-order valence-electron chi connectivity index (χ4n) is 1.49. The molecule has 7 heteroatoms. The molecule has 1 unspecified atom stereocenters. The molecule has 0 spiro atoms. The summed E-state index contributed by atoms with van der Waals surface area (Å²) >= 11 is 0. The van der Waals surface area contributed by atoms with E-state index in [0.717, 1.165) is 18.2 Å². The molecule has 0 aliphatic heterocycles. The average molecular weight is 265 g/mol. The topological polar surface area (TPSA) is 96.0 Å². The number of nitro groups is 1. The van der Waals surface area contributed by atoms with E-state index in [1.807, 2.05) is 13.0 Å². The second-order valence-corrected chi connectivity index (χ2v) is 3.87. The Balaban J connectivity index is 2.96. The molecule has 1 rings (SSSR count). The van der Waals surface area contributed by atoms with Crippen LogP contribution in [0, 0.1) is 27.3 Å². The van der Waals surface area contributed by atoms with Crippen molar-refractivity contribution in [2.75, 3.05) is 0 Å². The zero-order valence-electron chi connectivity index (χ0n) is 10.2. The van der Waals surface area contributed by atoms with Gasteiger partial charge in [0.15, 0.2) is 0 Å². The van der Waals surface area contributed by atoms with Crippen LogP contribution in [0.4, 0.5) is 10.1 Å². The summed E-state index contributed by atoms with van der Waals surface area (Å²) in [5.74, 6) is -1.70. The van der Waals surface area contributed by atoms with Gasteiger partial charge in [0.25, 0.3) is 11.6 Å². The van der Waals surface area contributed by atoms with E-state index in [9.17, 15) is 19.3 Å². The molecule has 6 nitrogen and oxygen atoms in total. The van der Waals surface area contributed by atoms with Crippen molar-refractivity contribution in [3.05, 3.63) is 39.7 Å². The highest BCUT2D eigenvalue weighted by atomic mass is 19.1. The molecule has 0 heterocycles. The number of hydrogen-bond donors (Lipinski definition) is 1. The van der Waals surface area contributed by atoms with E-state index >= 15 is 0 Å². The van der Waals surface area contributed by atoms with E-state index in [2.05, 4.69) is 5.32 Å². The first-order valence-electron chi connectivity index (χ1n) is 5.64. The van der Waals surface area contributed by atoms with E-state index in [1.54, 1.807) is 0 Å². The van der Waals surface area contributed by atoms with Gasteiger partial charge in [-0.15, -0.1) is 0 Å². The van der Waals surface area contributed by atoms with Crippen LogP contribution in [-0.2, 0) is 0 Å². The van der Waals surface area contributed by atoms with E-state index in [4.69, 9.17) is 5.26 Å². The molecule has 0 fully saturated rings. The molecule has 0 saturated heterocycles. The molecule has 0 aliphatic rings. The van der Waals surface area contributed by atoms with Crippen LogP contribution in [0.5, 0.6) is 0 Å². The standard InChI is InChI=1S/C12H12FN3O3/c1-2-3-8(7-14)15-12(17)10-6-9(16(18)19)4-5-11(10)13/h4-6,8H,2-3H2,1H3,(H,15,17). The van der Waals surface area contributed by atoms with Crippen LogP contribution in [0.15, 0.2) is 18.2 Å². The molecular weight excluding hydrogens is 253 g/mol. The molecule has 1 aromatic carbocycles. The molecule has 1 N–H and O–H groups in total. The minimum absolute atomic E-state index is 0.379. The number of nitrogens with zero attached hydrogens (tertiary/aromatic N) is 2. The van der Waals surface area contributed by atoms with E-state index in [1.165, 1.54) is 0 Å². The van der Waals surface area contributed by atoms with Crippen molar-refractivity contribution >= 4 is 11.6 Å². The highest BCUT2D eigenvalue weighted by molar-refractivity contribution is 5.95. The number of carbonyl (C=O) groups excluding carboxylic acids is 1. The number of benzene rings is 1. The van der Waals surface area contributed by atoms with Gasteiger partial charge >= 0.3 is 0 Å². The summed E-state index contributed by atoms with van der Waals surface area (Å²) < 4.78 is 13.5. The summed E-state index contributed by atoms with van der Waals surface area (Å²) in [4.78, 5) is 21.6. The fraction of sp³-hybridized carbons (Fsp3) is 0.333. The summed E-state index contributed by atoms with van der Waals surface area (Å²) in [5, 5.41) is 21.7. The van der Waals surface area contributed by atoms with Gasteiger partial charge in [0, 0.05) is 12.1 Å². The lowest BCUT2D eigenvalue weighted by Crippen LogP contribution is -2.34. The lowest BCUT2D eigenvalue weighted by molar-refractivity contribution is -0.384. The number of hydrogen-bond acceptors (Lipinski definition) is 4. The molecule has 1 aromatic rings. The largest absolute Gasteiger partial charge is 0.336 e. The van der Waals surface area contributed by atoms with Crippen molar-refractivity contribution in [3.8, 4) is 6.07 Å². The minimum Gasteiger partial charge on any atom is -0.336 e. The van der Waals surface area contributed by atoms with Crippen molar-refractivity contribution < 1.29 is 14.1 Å². The summed E-state index contributed by atoms with van der Waals surface area (Å²) in [6.07, 6.45) is 1.11. The quantitative estimate of drug-likeness (QED) is 0.651. The normalized spacial score (nSPS) is 11.4. The van der Waals surface area contributed by atoms with Gasteiger partial charge in [-0.2, -0.15) is 5.26 Å². The molecule has 0 saturated carbocycles. The maximum atomic E-state index is 13.5. The number of nitro benzene ring substituents is 1. The van der Waals surface area contributed by atoms with Gasteiger partial charge in [0.1, 0.15) is 11.9 Å². The number of non-ortho nitro benzene ring substituents is 1. The molecule has 100 valence electrons. The molecule has 0 radical (unpaired) electrons. The Hall–Kier alpha value is -2.49. The second-order valence-electron chi connectivity index (χ2n) is 3.87. The maximum absolute atomic E-state index is 13.5. The van der Waals surface area contributed by atoms with Crippen LogP contribution < -0.4 is 5.32 Å². The van der Waals surface area contributed by atoms with Gasteiger partial charge in [-0.3, -0.25) is 14.9 Å². The SMILES string of the molecule is CCCC(C#N)NC(=O)c1cc([N+](=O)[O-])ccc1F. The molecule has 0 aliphatic carbocycles. The third-order valence-electron chi connectivity index (χ3n) is 2.44. The third-order valence-corrected chi connectivity index (χ3v) is 2.44. The molecule has 0 aromatic heterocycles. The summed E-state index contributed by atoms with van der Waals surface area (Å²) in [6.45, 7) is 1.84. The van der Waals surface area contributed by atoms with Gasteiger partial charge < -0.3 is 5.32 Å². The molecular formula is C12H12FN3O3. The highest BCUT2D eigenvalue weighted by Gasteiger charge is 2.19. The minimum atomic E-state index is -0.865. The lowest BCUT2D eigenvalue weighted by Gasteiger charge is -2.10. The summed E-state index contributed by atoms with van der Waals surface area (Å²) in [6, 6.07) is 3.81. The summed E-state index contributed by atoms with van der Waals surface area (Å²) in [5.41, 5.74) is -0.818. The number of carbonyl (C=O) groups is 1. The van der Waals surface area contributed by atoms with E-state index in [0.29, 0.717) is 12.8 Å². The second kappa shape index (κ2) is 6.44. The summed E-state index contributed by atoms with van der Waals surface area (Å²) in [7, 11) is 0.